The first kappa shape index (κ1) is 18.7. The van der Waals surface area contributed by atoms with Crippen molar-refractivity contribution >= 4 is 11.5 Å². The number of halogens is 1. The fourth-order valence-corrected chi connectivity index (χ4v) is 3.69. The third-order valence-corrected chi connectivity index (χ3v) is 5.06. The van der Waals surface area contributed by atoms with E-state index >= 15 is 0 Å². The summed E-state index contributed by atoms with van der Waals surface area (Å²) in [5.74, 6) is -0.446. The highest BCUT2D eigenvalue weighted by Crippen LogP contribution is 2.43. The molecule has 0 radical (unpaired) electrons. The number of aliphatic hydroxyl groups excluding tert-OH is 1. The molecule has 1 N–H and O–H groups in total. The summed E-state index contributed by atoms with van der Waals surface area (Å²) < 4.78 is 18.7. The van der Waals surface area contributed by atoms with Gasteiger partial charge in [0, 0.05) is 12.1 Å². The van der Waals surface area contributed by atoms with Crippen LogP contribution in [0.25, 0.3) is 5.57 Å². The Kier molecular flexibility index (Phi) is 5.04. The fourth-order valence-electron chi connectivity index (χ4n) is 3.69. The predicted molar refractivity (Wildman–Crippen MR) is 109 cm³/mol. The van der Waals surface area contributed by atoms with Crippen molar-refractivity contribution in [2.75, 3.05) is 7.11 Å². The van der Waals surface area contributed by atoms with Crippen molar-refractivity contribution in [1.29, 1.82) is 0 Å². The third kappa shape index (κ3) is 3.59. The smallest absolute Gasteiger partial charge is 0.290 e. The highest BCUT2D eigenvalue weighted by Gasteiger charge is 2.40. The van der Waals surface area contributed by atoms with Gasteiger partial charge in [0.25, 0.3) is 5.91 Å². The predicted octanol–water partition coefficient (Wildman–Crippen LogP) is 4.89. The van der Waals surface area contributed by atoms with E-state index < -0.39 is 11.9 Å². The van der Waals surface area contributed by atoms with Crippen molar-refractivity contribution in [3.05, 3.63) is 107 Å². The maximum Gasteiger partial charge on any atom is 0.290 e. The molecule has 0 aromatic heterocycles. The van der Waals surface area contributed by atoms with Crippen LogP contribution < -0.4 is 4.74 Å². The molecule has 29 heavy (non-hydrogen) atoms. The zero-order chi connectivity index (χ0) is 20.4. The van der Waals surface area contributed by atoms with Gasteiger partial charge in [0.1, 0.15) is 11.6 Å². The second-order valence-corrected chi connectivity index (χ2v) is 6.87. The van der Waals surface area contributed by atoms with Crippen LogP contribution in [-0.4, -0.2) is 23.0 Å². The van der Waals surface area contributed by atoms with Crippen molar-refractivity contribution in [2.45, 2.75) is 12.6 Å². The van der Waals surface area contributed by atoms with Gasteiger partial charge in [-0.05, 0) is 41.0 Å². The molecule has 0 saturated heterocycles. The van der Waals surface area contributed by atoms with E-state index in [1.165, 1.54) is 12.1 Å². The van der Waals surface area contributed by atoms with Crippen LogP contribution in [-0.2, 0) is 11.3 Å². The van der Waals surface area contributed by atoms with Crippen LogP contribution in [0.4, 0.5) is 4.39 Å². The molecule has 0 fully saturated rings. The molecule has 1 amide bonds. The summed E-state index contributed by atoms with van der Waals surface area (Å²) in [5, 5.41) is 10.7. The Morgan fingerprint density at radius 2 is 1.72 bits per heavy atom. The largest absolute Gasteiger partial charge is 0.503 e. The average Bonchev–Trinajstić information content (AvgIpc) is 3.00. The van der Waals surface area contributed by atoms with Gasteiger partial charge in [-0.3, -0.25) is 4.79 Å². The van der Waals surface area contributed by atoms with Crippen LogP contribution >= 0.6 is 0 Å². The van der Waals surface area contributed by atoms with Gasteiger partial charge in [-0.1, -0.05) is 54.6 Å². The Bertz CT molecular complexity index is 1060. The van der Waals surface area contributed by atoms with E-state index in [-0.39, 0.29) is 11.6 Å². The summed E-state index contributed by atoms with van der Waals surface area (Å²) in [5.41, 5.74) is 2.84. The molecule has 5 heteroatoms. The van der Waals surface area contributed by atoms with Crippen molar-refractivity contribution in [2.24, 2.45) is 0 Å². The van der Waals surface area contributed by atoms with E-state index in [9.17, 15) is 14.3 Å². The summed E-state index contributed by atoms with van der Waals surface area (Å²) in [4.78, 5) is 14.6. The molecule has 4 rings (SSSR count). The van der Waals surface area contributed by atoms with Gasteiger partial charge < -0.3 is 14.7 Å². The molecule has 0 aliphatic carbocycles. The van der Waals surface area contributed by atoms with Crippen molar-refractivity contribution in [1.82, 2.24) is 4.90 Å². The molecule has 1 atom stereocenters. The number of carbonyl (C=O) groups is 1. The topological polar surface area (TPSA) is 49.8 Å². The van der Waals surface area contributed by atoms with E-state index in [1.54, 1.807) is 24.1 Å². The van der Waals surface area contributed by atoms with Gasteiger partial charge >= 0.3 is 0 Å². The monoisotopic (exact) mass is 389 g/mol. The van der Waals surface area contributed by atoms with Gasteiger partial charge in [-0.15, -0.1) is 0 Å². The highest BCUT2D eigenvalue weighted by atomic mass is 19.1. The highest BCUT2D eigenvalue weighted by molar-refractivity contribution is 6.05. The molecule has 3 aromatic rings. The van der Waals surface area contributed by atoms with Crippen molar-refractivity contribution in [3.8, 4) is 5.75 Å². The molecule has 1 aliphatic rings. The lowest BCUT2D eigenvalue weighted by atomic mass is 9.93. The molecule has 1 heterocycles. The van der Waals surface area contributed by atoms with Crippen molar-refractivity contribution < 1.29 is 19.0 Å². The van der Waals surface area contributed by atoms with Crippen molar-refractivity contribution in [3.63, 3.8) is 0 Å². The second-order valence-electron chi connectivity index (χ2n) is 6.87. The number of methoxy groups -OCH3 is 1. The minimum Gasteiger partial charge on any atom is -0.503 e. The summed E-state index contributed by atoms with van der Waals surface area (Å²) in [7, 11) is 1.59. The minimum absolute atomic E-state index is 0.296. The number of amides is 1. The molecule has 146 valence electrons. The number of hydrogen-bond acceptors (Lipinski definition) is 3. The van der Waals surface area contributed by atoms with E-state index in [1.807, 2.05) is 54.6 Å². The number of rotatable bonds is 5. The van der Waals surface area contributed by atoms with Crippen LogP contribution in [0.15, 0.2) is 84.6 Å². The lowest BCUT2D eigenvalue weighted by Crippen LogP contribution is -2.29. The number of ether oxygens (including phenoxy) is 1. The molecule has 3 aromatic carbocycles. The molecule has 0 unspecified atom stereocenters. The molecule has 1 aliphatic heterocycles. The number of nitrogens with zero attached hydrogens (tertiary/aromatic N) is 1. The first-order valence-corrected chi connectivity index (χ1v) is 9.26. The van der Waals surface area contributed by atoms with Crippen LogP contribution in [0.1, 0.15) is 22.7 Å². The second kappa shape index (κ2) is 7.80. The normalized spacial score (nSPS) is 16.4. The Labute approximate surface area is 168 Å². The molecule has 0 bridgehead atoms. The Balaban J connectivity index is 1.79. The number of benzene rings is 3. The number of carbonyl (C=O) groups excluding carboxylic acids is 1. The average molecular weight is 389 g/mol. The first-order valence-electron chi connectivity index (χ1n) is 9.26. The molecule has 4 nitrogen and oxygen atoms in total. The summed E-state index contributed by atoms with van der Waals surface area (Å²) in [6.45, 7) is 0.296. The Morgan fingerprint density at radius 3 is 2.41 bits per heavy atom. The Hall–Kier alpha value is -3.60. The Morgan fingerprint density at radius 1 is 1.00 bits per heavy atom. The molecule has 0 spiro atoms. The first-order chi connectivity index (χ1) is 14.1. The molecular weight excluding hydrogens is 369 g/mol. The lowest BCUT2D eigenvalue weighted by molar-refractivity contribution is -0.130. The number of aliphatic hydroxyl groups is 1. The van der Waals surface area contributed by atoms with Gasteiger partial charge in [-0.25, -0.2) is 4.39 Å². The number of hydrogen-bond donors (Lipinski definition) is 1. The lowest BCUT2D eigenvalue weighted by Gasteiger charge is -2.27. The van der Waals surface area contributed by atoms with Crippen LogP contribution in [0.2, 0.25) is 0 Å². The zero-order valence-electron chi connectivity index (χ0n) is 15.9. The fraction of sp³-hybridized carbons (Fsp3) is 0.125. The van der Waals surface area contributed by atoms with Crippen LogP contribution in [0.5, 0.6) is 5.75 Å². The maximum absolute atomic E-state index is 13.4. The van der Waals surface area contributed by atoms with Gasteiger partial charge in [-0.2, -0.15) is 0 Å². The van der Waals surface area contributed by atoms with E-state index in [0.717, 1.165) is 11.1 Å². The van der Waals surface area contributed by atoms with Gasteiger partial charge in [0.2, 0.25) is 0 Å². The SMILES string of the molecule is COc1cccc(CN2C(=O)C(O)=C(c3ccc(F)cc3)[C@H]2c2ccccc2)c1. The zero-order valence-corrected chi connectivity index (χ0v) is 15.9. The molecular formula is C24H20FNO3. The third-order valence-electron chi connectivity index (χ3n) is 5.06. The van der Waals surface area contributed by atoms with E-state index in [4.69, 9.17) is 4.74 Å². The summed E-state index contributed by atoms with van der Waals surface area (Å²) in [6, 6.07) is 22.3. The van der Waals surface area contributed by atoms with Gasteiger partial charge in [0.15, 0.2) is 5.76 Å². The quantitative estimate of drug-likeness (QED) is 0.676. The minimum atomic E-state index is -0.486. The van der Waals surface area contributed by atoms with Crippen LogP contribution in [0.3, 0.4) is 0 Å². The molecule has 0 saturated carbocycles. The standard InChI is InChI=1S/C24H20FNO3/c1-29-20-9-5-6-16(14-20)15-26-22(18-7-3-2-4-8-18)21(23(27)24(26)28)17-10-12-19(25)13-11-17/h2-14,22,27H,15H2,1H3/t22-/m1/s1. The summed E-state index contributed by atoms with van der Waals surface area (Å²) >= 11 is 0. The van der Waals surface area contributed by atoms with E-state index in [2.05, 4.69) is 0 Å². The van der Waals surface area contributed by atoms with Crippen LogP contribution in [0, 0.1) is 5.82 Å². The maximum atomic E-state index is 13.4. The van der Waals surface area contributed by atoms with Gasteiger partial charge in [0.05, 0.1) is 13.2 Å². The summed E-state index contributed by atoms with van der Waals surface area (Å²) in [6.07, 6.45) is 0. The van der Waals surface area contributed by atoms with E-state index in [0.29, 0.717) is 23.4 Å².